The SMILES string of the molecule is COC(=O)C=C1C(=O)N(C(C)=O)c2ccc(Br)cc21. The van der Waals surface area contributed by atoms with E-state index in [1.165, 1.54) is 14.0 Å². The van der Waals surface area contributed by atoms with Crippen LogP contribution in [0.3, 0.4) is 0 Å². The summed E-state index contributed by atoms with van der Waals surface area (Å²) in [6.45, 7) is 1.30. The molecular formula is C13H10BrNO4. The minimum absolute atomic E-state index is 0.151. The topological polar surface area (TPSA) is 63.7 Å². The molecule has 0 saturated carbocycles. The minimum Gasteiger partial charge on any atom is -0.466 e. The Balaban J connectivity index is 2.63. The van der Waals surface area contributed by atoms with Crippen molar-refractivity contribution in [3.63, 3.8) is 0 Å². The maximum absolute atomic E-state index is 12.2. The van der Waals surface area contributed by atoms with Crippen LogP contribution in [0.25, 0.3) is 5.57 Å². The predicted octanol–water partition coefficient (Wildman–Crippen LogP) is 1.90. The summed E-state index contributed by atoms with van der Waals surface area (Å²) >= 11 is 3.29. The van der Waals surface area contributed by atoms with E-state index in [0.717, 1.165) is 15.4 Å². The summed E-state index contributed by atoms with van der Waals surface area (Å²) in [7, 11) is 1.23. The van der Waals surface area contributed by atoms with Crippen LogP contribution >= 0.6 is 15.9 Å². The van der Waals surface area contributed by atoms with Gasteiger partial charge in [-0.3, -0.25) is 9.59 Å². The summed E-state index contributed by atoms with van der Waals surface area (Å²) in [5.41, 5.74) is 1.15. The second kappa shape index (κ2) is 4.97. The van der Waals surface area contributed by atoms with Gasteiger partial charge in [0, 0.05) is 23.0 Å². The van der Waals surface area contributed by atoms with Gasteiger partial charge >= 0.3 is 5.97 Å². The van der Waals surface area contributed by atoms with E-state index in [-0.39, 0.29) is 5.57 Å². The third-order valence-electron chi connectivity index (χ3n) is 2.70. The fraction of sp³-hybridized carbons (Fsp3) is 0.154. The minimum atomic E-state index is -0.639. The highest BCUT2D eigenvalue weighted by molar-refractivity contribution is 9.10. The fourth-order valence-electron chi connectivity index (χ4n) is 1.89. The molecule has 0 fully saturated rings. The molecule has 2 amide bonds. The van der Waals surface area contributed by atoms with Gasteiger partial charge in [0.05, 0.1) is 18.4 Å². The molecule has 6 heteroatoms. The maximum Gasteiger partial charge on any atom is 0.331 e. The van der Waals surface area contributed by atoms with Crippen molar-refractivity contribution >= 4 is 45.0 Å². The first-order chi connectivity index (χ1) is 8.95. The molecule has 19 heavy (non-hydrogen) atoms. The van der Waals surface area contributed by atoms with Crippen LogP contribution in [0.15, 0.2) is 28.7 Å². The lowest BCUT2D eigenvalue weighted by Crippen LogP contribution is -2.31. The second-order valence-corrected chi connectivity index (χ2v) is 4.82. The number of rotatable bonds is 1. The number of ether oxygens (including phenoxy) is 1. The number of nitrogens with zero attached hydrogens (tertiary/aromatic N) is 1. The molecule has 1 aromatic rings. The third-order valence-corrected chi connectivity index (χ3v) is 3.19. The van der Waals surface area contributed by atoms with Crippen LogP contribution in [0.4, 0.5) is 5.69 Å². The highest BCUT2D eigenvalue weighted by Crippen LogP contribution is 2.38. The number of methoxy groups -OCH3 is 1. The Kier molecular flexibility index (Phi) is 3.53. The zero-order valence-corrected chi connectivity index (χ0v) is 11.9. The summed E-state index contributed by atoms with van der Waals surface area (Å²) in [5.74, 6) is -1.56. The van der Waals surface area contributed by atoms with Gasteiger partial charge in [0.2, 0.25) is 5.91 Å². The van der Waals surface area contributed by atoms with Gasteiger partial charge < -0.3 is 4.74 Å². The molecule has 0 radical (unpaired) electrons. The van der Waals surface area contributed by atoms with Gasteiger partial charge in [-0.2, -0.15) is 0 Å². The van der Waals surface area contributed by atoms with E-state index >= 15 is 0 Å². The summed E-state index contributed by atoms with van der Waals surface area (Å²) in [6.07, 6.45) is 1.09. The number of amides is 2. The van der Waals surface area contributed by atoms with Crippen molar-refractivity contribution in [2.75, 3.05) is 12.0 Å². The van der Waals surface area contributed by atoms with E-state index in [1.54, 1.807) is 18.2 Å². The van der Waals surface area contributed by atoms with Crippen molar-refractivity contribution in [1.82, 2.24) is 0 Å². The molecule has 0 bridgehead atoms. The monoisotopic (exact) mass is 323 g/mol. The second-order valence-electron chi connectivity index (χ2n) is 3.90. The van der Waals surface area contributed by atoms with Gasteiger partial charge in [-0.25, -0.2) is 9.69 Å². The molecule has 0 aromatic heterocycles. The van der Waals surface area contributed by atoms with Crippen LogP contribution in [-0.2, 0) is 19.1 Å². The molecule has 1 aromatic carbocycles. The van der Waals surface area contributed by atoms with Crippen LogP contribution in [0, 0.1) is 0 Å². The van der Waals surface area contributed by atoms with E-state index in [9.17, 15) is 14.4 Å². The molecule has 0 atom stereocenters. The van der Waals surface area contributed by atoms with Crippen LogP contribution in [0.1, 0.15) is 12.5 Å². The van der Waals surface area contributed by atoms with Gasteiger partial charge in [-0.05, 0) is 18.2 Å². The van der Waals surface area contributed by atoms with Crippen molar-refractivity contribution in [3.05, 3.63) is 34.3 Å². The van der Waals surface area contributed by atoms with Crippen LogP contribution < -0.4 is 4.90 Å². The Morgan fingerprint density at radius 3 is 2.63 bits per heavy atom. The Bertz CT molecular complexity index is 621. The molecule has 0 saturated heterocycles. The number of halogens is 1. The zero-order chi connectivity index (χ0) is 14.2. The number of anilines is 1. The summed E-state index contributed by atoms with van der Waals surface area (Å²) in [4.78, 5) is 36.1. The Labute approximate surface area is 118 Å². The maximum atomic E-state index is 12.2. The highest BCUT2D eigenvalue weighted by atomic mass is 79.9. The number of hydrogen-bond acceptors (Lipinski definition) is 4. The van der Waals surface area contributed by atoms with E-state index in [0.29, 0.717) is 11.3 Å². The lowest BCUT2D eigenvalue weighted by atomic mass is 10.1. The number of benzene rings is 1. The Morgan fingerprint density at radius 1 is 1.37 bits per heavy atom. The van der Waals surface area contributed by atoms with Gasteiger partial charge in [-0.15, -0.1) is 0 Å². The van der Waals surface area contributed by atoms with Crippen LogP contribution in [0.2, 0.25) is 0 Å². The summed E-state index contributed by atoms with van der Waals surface area (Å²) in [6, 6.07) is 5.06. The number of hydrogen-bond donors (Lipinski definition) is 0. The normalized spacial score (nSPS) is 15.6. The number of fused-ring (bicyclic) bond motifs is 1. The molecule has 5 nitrogen and oxygen atoms in total. The van der Waals surface area contributed by atoms with E-state index in [4.69, 9.17) is 0 Å². The smallest absolute Gasteiger partial charge is 0.331 e. The van der Waals surface area contributed by atoms with Gasteiger partial charge in [-0.1, -0.05) is 15.9 Å². The van der Waals surface area contributed by atoms with Gasteiger partial charge in [0.15, 0.2) is 0 Å². The fourth-order valence-corrected chi connectivity index (χ4v) is 2.25. The van der Waals surface area contributed by atoms with E-state index in [2.05, 4.69) is 20.7 Å². The van der Waals surface area contributed by atoms with Crippen molar-refractivity contribution < 1.29 is 19.1 Å². The van der Waals surface area contributed by atoms with Gasteiger partial charge in [0.25, 0.3) is 5.91 Å². The molecule has 0 spiro atoms. The first-order valence-corrected chi connectivity index (χ1v) is 6.19. The third kappa shape index (κ3) is 2.31. The van der Waals surface area contributed by atoms with Crippen molar-refractivity contribution in [3.8, 4) is 0 Å². The average molecular weight is 324 g/mol. The first kappa shape index (κ1) is 13.5. The number of carbonyl (C=O) groups excluding carboxylic acids is 3. The molecule has 1 aliphatic heterocycles. The number of imide groups is 1. The lowest BCUT2D eigenvalue weighted by Gasteiger charge is -2.11. The number of esters is 1. The van der Waals surface area contributed by atoms with E-state index < -0.39 is 17.8 Å². The largest absolute Gasteiger partial charge is 0.466 e. The quantitative estimate of drug-likeness (QED) is 0.585. The molecule has 2 rings (SSSR count). The Hall–Kier alpha value is -1.95. The molecule has 0 N–H and O–H groups in total. The zero-order valence-electron chi connectivity index (χ0n) is 10.3. The van der Waals surface area contributed by atoms with Crippen molar-refractivity contribution in [2.45, 2.75) is 6.92 Å². The molecule has 98 valence electrons. The first-order valence-electron chi connectivity index (χ1n) is 5.40. The predicted molar refractivity (Wildman–Crippen MR) is 72.3 cm³/mol. The van der Waals surface area contributed by atoms with Crippen LogP contribution in [-0.4, -0.2) is 24.9 Å². The summed E-state index contributed by atoms with van der Waals surface area (Å²) in [5, 5.41) is 0. The average Bonchev–Trinajstić information content (AvgIpc) is 2.62. The molecule has 0 aliphatic carbocycles. The Morgan fingerprint density at radius 2 is 2.05 bits per heavy atom. The molecule has 0 unspecified atom stereocenters. The number of carbonyl (C=O) groups is 3. The standard InChI is InChI=1S/C13H10BrNO4/c1-7(16)15-11-4-3-8(14)5-9(11)10(13(15)18)6-12(17)19-2/h3-6H,1-2H3. The molecular weight excluding hydrogens is 314 g/mol. The molecule has 1 aliphatic rings. The van der Waals surface area contributed by atoms with Gasteiger partial charge in [0.1, 0.15) is 0 Å². The molecule has 1 heterocycles. The van der Waals surface area contributed by atoms with Crippen molar-refractivity contribution in [2.24, 2.45) is 0 Å². The van der Waals surface area contributed by atoms with Crippen LogP contribution in [0.5, 0.6) is 0 Å². The van der Waals surface area contributed by atoms with Crippen molar-refractivity contribution in [1.29, 1.82) is 0 Å². The highest BCUT2D eigenvalue weighted by Gasteiger charge is 2.35. The van der Waals surface area contributed by atoms with E-state index in [1.807, 2.05) is 0 Å². The summed E-state index contributed by atoms with van der Waals surface area (Å²) < 4.78 is 5.27. The lowest BCUT2D eigenvalue weighted by molar-refractivity contribution is -0.135.